The summed E-state index contributed by atoms with van der Waals surface area (Å²) in [5.74, 6) is 2.46. The second kappa shape index (κ2) is 6.41. The molecule has 1 saturated carbocycles. The van der Waals surface area contributed by atoms with Crippen LogP contribution in [0.1, 0.15) is 50.3 Å². The number of rotatable bonds is 3. The molecule has 1 aromatic carbocycles. The van der Waals surface area contributed by atoms with Crippen LogP contribution >= 0.6 is 15.9 Å². The SMILES string of the molecule is CNC(c1cc(C)ccc1Br)C1CC(C)CC(C)C1. The van der Waals surface area contributed by atoms with Gasteiger partial charge in [-0.15, -0.1) is 0 Å². The Bertz CT molecular complexity index is 419. The van der Waals surface area contributed by atoms with Gasteiger partial charge in [0.2, 0.25) is 0 Å². The lowest BCUT2D eigenvalue weighted by molar-refractivity contribution is 0.180. The highest BCUT2D eigenvalue weighted by molar-refractivity contribution is 9.10. The van der Waals surface area contributed by atoms with E-state index in [1.165, 1.54) is 34.9 Å². The summed E-state index contributed by atoms with van der Waals surface area (Å²) in [6, 6.07) is 7.16. The maximum Gasteiger partial charge on any atom is 0.0357 e. The van der Waals surface area contributed by atoms with Crippen molar-refractivity contribution in [2.24, 2.45) is 17.8 Å². The van der Waals surface area contributed by atoms with E-state index in [9.17, 15) is 0 Å². The molecule has 1 nitrogen and oxygen atoms in total. The normalized spacial score (nSPS) is 29.2. The minimum Gasteiger partial charge on any atom is -0.313 e. The van der Waals surface area contributed by atoms with Crippen molar-refractivity contribution in [2.45, 2.75) is 46.1 Å². The Morgan fingerprint density at radius 3 is 2.37 bits per heavy atom. The third kappa shape index (κ3) is 3.61. The first-order valence-corrected chi connectivity index (χ1v) is 8.23. The van der Waals surface area contributed by atoms with E-state index < -0.39 is 0 Å². The van der Waals surface area contributed by atoms with E-state index >= 15 is 0 Å². The molecule has 0 saturated heterocycles. The van der Waals surface area contributed by atoms with Crippen molar-refractivity contribution in [1.29, 1.82) is 0 Å². The van der Waals surface area contributed by atoms with Gasteiger partial charge >= 0.3 is 0 Å². The van der Waals surface area contributed by atoms with Gasteiger partial charge in [0, 0.05) is 10.5 Å². The summed E-state index contributed by atoms with van der Waals surface area (Å²) in [5, 5.41) is 3.57. The van der Waals surface area contributed by atoms with Crippen molar-refractivity contribution in [1.82, 2.24) is 5.32 Å². The van der Waals surface area contributed by atoms with Gasteiger partial charge in [-0.2, -0.15) is 0 Å². The molecule has 0 aliphatic heterocycles. The van der Waals surface area contributed by atoms with Crippen LogP contribution in [0.3, 0.4) is 0 Å². The minimum absolute atomic E-state index is 0.472. The van der Waals surface area contributed by atoms with Gasteiger partial charge in [0.05, 0.1) is 0 Å². The molecule has 2 heteroatoms. The van der Waals surface area contributed by atoms with Gasteiger partial charge in [0.15, 0.2) is 0 Å². The lowest BCUT2D eigenvalue weighted by Crippen LogP contribution is -2.31. The van der Waals surface area contributed by atoms with Gasteiger partial charge in [-0.3, -0.25) is 0 Å². The highest BCUT2D eigenvalue weighted by atomic mass is 79.9. The predicted octanol–water partition coefficient (Wildman–Crippen LogP) is 5.09. The average Bonchev–Trinajstić information content (AvgIpc) is 2.33. The summed E-state index contributed by atoms with van der Waals surface area (Å²) < 4.78 is 1.24. The smallest absolute Gasteiger partial charge is 0.0357 e. The monoisotopic (exact) mass is 323 g/mol. The molecule has 0 bridgehead atoms. The van der Waals surface area contributed by atoms with Gasteiger partial charge in [0.1, 0.15) is 0 Å². The molecule has 3 unspecified atom stereocenters. The minimum atomic E-state index is 0.472. The molecular formula is C17H26BrN. The largest absolute Gasteiger partial charge is 0.313 e. The summed E-state index contributed by atoms with van der Waals surface area (Å²) in [4.78, 5) is 0. The fraction of sp³-hybridized carbons (Fsp3) is 0.647. The summed E-state index contributed by atoms with van der Waals surface area (Å²) in [6.45, 7) is 6.98. The second-order valence-corrected chi connectivity index (χ2v) is 7.32. The maximum atomic E-state index is 3.73. The molecule has 1 fully saturated rings. The van der Waals surface area contributed by atoms with Crippen LogP contribution in [0.25, 0.3) is 0 Å². The highest BCUT2D eigenvalue weighted by Crippen LogP contribution is 2.41. The van der Waals surface area contributed by atoms with Gasteiger partial charge in [-0.25, -0.2) is 0 Å². The number of nitrogens with one attached hydrogen (secondary N) is 1. The molecule has 1 N–H and O–H groups in total. The van der Waals surface area contributed by atoms with Gasteiger partial charge in [0.25, 0.3) is 0 Å². The van der Waals surface area contributed by atoms with Crippen LogP contribution in [-0.2, 0) is 0 Å². The Morgan fingerprint density at radius 1 is 1.16 bits per heavy atom. The van der Waals surface area contributed by atoms with Crippen molar-refractivity contribution in [2.75, 3.05) is 7.05 Å². The fourth-order valence-electron chi connectivity index (χ4n) is 3.83. The zero-order valence-corrected chi connectivity index (χ0v) is 14.1. The van der Waals surface area contributed by atoms with Crippen LogP contribution in [0.2, 0.25) is 0 Å². The van der Waals surface area contributed by atoms with Crippen LogP contribution in [0.5, 0.6) is 0 Å². The molecular weight excluding hydrogens is 298 g/mol. The molecule has 19 heavy (non-hydrogen) atoms. The second-order valence-electron chi connectivity index (χ2n) is 6.47. The average molecular weight is 324 g/mol. The third-order valence-corrected chi connectivity index (χ3v) is 5.21. The van der Waals surface area contributed by atoms with Gasteiger partial charge < -0.3 is 5.32 Å². The standard InChI is InChI=1S/C17H26BrN/c1-11-5-6-16(18)15(10-11)17(19-4)14-8-12(2)7-13(3)9-14/h5-6,10,12-14,17,19H,7-9H2,1-4H3. The first kappa shape index (κ1) is 15.1. The topological polar surface area (TPSA) is 12.0 Å². The Hall–Kier alpha value is -0.340. The lowest BCUT2D eigenvalue weighted by Gasteiger charge is -2.37. The number of hydrogen-bond acceptors (Lipinski definition) is 1. The number of aryl methyl sites for hydroxylation is 1. The summed E-state index contributed by atoms with van der Waals surface area (Å²) in [7, 11) is 2.10. The zero-order valence-electron chi connectivity index (χ0n) is 12.5. The predicted molar refractivity (Wildman–Crippen MR) is 86.3 cm³/mol. The summed E-state index contributed by atoms with van der Waals surface area (Å²) >= 11 is 3.73. The van der Waals surface area contributed by atoms with E-state index in [-0.39, 0.29) is 0 Å². The van der Waals surface area contributed by atoms with Crippen molar-refractivity contribution >= 4 is 15.9 Å². The highest BCUT2D eigenvalue weighted by Gasteiger charge is 2.30. The summed E-state index contributed by atoms with van der Waals surface area (Å²) in [6.07, 6.45) is 4.08. The molecule has 2 rings (SSSR count). The molecule has 0 spiro atoms. The lowest BCUT2D eigenvalue weighted by atomic mass is 9.72. The van der Waals surface area contributed by atoms with Crippen LogP contribution in [0.4, 0.5) is 0 Å². The van der Waals surface area contributed by atoms with E-state index in [1.807, 2.05) is 0 Å². The van der Waals surface area contributed by atoms with Crippen LogP contribution in [-0.4, -0.2) is 7.05 Å². The van der Waals surface area contributed by atoms with E-state index in [2.05, 4.69) is 67.3 Å². The quantitative estimate of drug-likeness (QED) is 0.816. The molecule has 0 aromatic heterocycles. The zero-order chi connectivity index (χ0) is 14.0. The Labute approximate surface area is 126 Å². The van der Waals surface area contributed by atoms with Crippen molar-refractivity contribution in [3.05, 3.63) is 33.8 Å². The number of hydrogen-bond donors (Lipinski definition) is 1. The van der Waals surface area contributed by atoms with Crippen molar-refractivity contribution in [3.63, 3.8) is 0 Å². The fourth-order valence-corrected chi connectivity index (χ4v) is 4.32. The first-order chi connectivity index (χ1) is 9.01. The molecule has 1 aliphatic carbocycles. The van der Waals surface area contributed by atoms with Gasteiger partial charge in [-0.1, -0.05) is 47.5 Å². The van der Waals surface area contributed by atoms with Crippen LogP contribution < -0.4 is 5.32 Å². The Morgan fingerprint density at radius 2 is 1.79 bits per heavy atom. The Kier molecular flexibility index (Phi) is 5.08. The Balaban J connectivity index is 2.26. The van der Waals surface area contributed by atoms with E-state index in [0.717, 1.165) is 17.8 Å². The third-order valence-electron chi connectivity index (χ3n) is 4.48. The van der Waals surface area contributed by atoms with E-state index in [1.54, 1.807) is 0 Å². The van der Waals surface area contributed by atoms with Crippen molar-refractivity contribution in [3.8, 4) is 0 Å². The molecule has 1 aromatic rings. The molecule has 1 aliphatic rings. The van der Waals surface area contributed by atoms with Crippen LogP contribution in [0, 0.1) is 24.7 Å². The summed E-state index contributed by atoms with van der Waals surface area (Å²) in [5.41, 5.74) is 2.77. The van der Waals surface area contributed by atoms with Crippen molar-refractivity contribution < 1.29 is 0 Å². The van der Waals surface area contributed by atoms with E-state index in [0.29, 0.717) is 6.04 Å². The van der Waals surface area contributed by atoms with Gasteiger partial charge in [-0.05, 0) is 62.6 Å². The number of benzene rings is 1. The van der Waals surface area contributed by atoms with Crippen LogP contribution in [0.15, 0.2) is 22.7 Å². The molecule has 0 amide bonds. The van der Waals surface area contributed by atoms with E-state index in [4.69, 9.17) is 0 Å². The molecule has 0 heterocycles. The molecule has 106 valence electrons. The molecule has 3 atom stereocenters. The maximum absolute atomic E-state index is 3.73. The molecule has 0 radical (unpaired) electrons. The first-order valence-electron chi connectivity index (χ1n) is 7.44. The number of halogens is 1.